The van der Waals surface area contributed by atoms with Crippen molar-refractivity contribution in [3.63, 3.8) is 0 Å². The van der Waals surface area contributed by atoms with E-state index in [9.17, 15) is 0 Å². The molecule has 0 amide bonds. The second-order valence-corrected chi connectivity index (χ2v) is 6.35. The lowest BCUT2D eigenvalue weighted by Crippen LogP contribution is -2.19. The molecule has 0 saturated carbocycles. The second kappa shape index (κ2) is 12.5. The van der Waals surface area contributed by atoms with E-state index < -0.39 is 0 Å². The van der Waals surface area contributed by atoms with E-state index in [1.807, 2.05) is 0 Å². The zero-order valence-electron chi connectivity index (χ0n) is 14.9. The summed E-state index contributed by atoms with van der Waals surface area (Å²) in [5.41, 5.74) is 1.37. The SMILES string of the molecule is CCCCCCCCN(C)Cc1ccc(OCCCC)cc1. The lowest BCUT2D eigenvalue weighted by molar-refractivity contribution is 0.307. The summed E-state index contributed by atoms with van der Waals surface area (Å²) in [6, 6.07) is 8.59. The van der Waals surface area contributed by atoms with E-state index in [1.54, 1.807) is 0 Å². The number of rotatable bonds is 13. The van der Waals surface area contributed by atoms with Gasteiger partial charge in [0.15, 0.2) is 0 Å². The minimum Gasteiger partial charge on any atom is -0.494 e. The maximum absolute atomic E-state index is 5.70. The van der Waals surface area contributed by atoms with Crippen LogP contribution in [0.25, 0.3) is 0 Å². The number of hydrogen-bond acceptors (Lipinski definition) is 2. The normalized spacial score (nSPS) is 11.1. The van der Waals surface area contributed by atoms with Gasteiger partial charge in [-0.2, -0.15) is 0 Å². The van der Waals surface area contributed by atoms with Gasteiger partial charge in [0, 0.05) is 6.54 Å². The fraction of sp³-hybridized carbons (Fsp3) is 0.700. The van der Waals surface area contributed by atoms with Crippen molar-refractivity contribution in [2.45, 2.75) is 71.8 Å². The van der Waals surface area contributed by atoms with Crippen molar-refractivity contribution in [3.8, 4) is 5.75 Å². The van der Waals surface area contributed by atoms with Crippen LogP contribution in [-0.4, -0.2) is 25.1 Å². The van der Waals surface area contributed by atoms with E-state index in [0.717, 1.165) is 25.3 Å². The fourth-order valence-corrected chi connectivity index (χ4v) is 2.58. The Bertz CT molecular complexity index is 360. The van der Waals surface area contributed by atoms with Gasteiger partial charge >= 0.3 is 0 Å². The van der Waals surface area contributed by atoms with Crippen LogP contribution in [0.1, 0.15) is 70.8 Å². The van der Waals surface area contributed by atoms with Crippen LogP contribution in [0.5, 0.6) is 5.75 Å². The van der Waals surface area contributed by atoms with Gasteiger partial charge in [-0.1, -0.05) is 64.5 Å². The van der Waals surface area contributed by atoms with Gasteiger partial charge in [-0.25, -0.2) is 0 Å². The number of benzene rings is 1. The van der Waals surface area contributed by atoms with Crippen molar-refractivity contribution in [2.24, 2.45) is 0 Å². The molecular weight excluding hydrogens is 270 g/mol. The number of nitrogens with zero attached hydrogens (tertiary/aromatic N) is 1. The number of unbranched alkanes of at least 4 members (excludes halogenated alkanes) is 6. The molecule has 0 aromatic heterocycles. The highest BCUT2D eigenvalue weighted by atomic mass is 16.5. The summed E-state index contributed by atoms with van der Waals surface area (Å²) in [4.78, 5) is 2.42. The summed E-state index contributed by atoms with van der Waals surface area (Å²) < 4.78 is 5.70. The summed E-state index contributed by atoms with van der Waals surface area (Å²) in [5, 5.41) is 0. The van der Waals surface area contributed by atoms with E-state index in [2.05, 4.69) is 50.1 Å². The lowest BCUT2D eigenvalue weighted by atomic mass is 10.1. The molecule has 2 heteroatoms. The molecule has 1 aromatic carbocycles. The first-order valence-corrected chi connectivity index (χ1v) is 9.16. The first-order chi connectivity index (χ1) is 10.8. The third kappa shape index (κ3) is 9.09. The Morgan fingerprint density at radius 2 is 1.45 bits per heavy atom. The highest BCUT2D eigenvalue weighted by molar-refractivity contribution is 5.27. The molecular formula is C20H35NO. The average molecular weight is 306 g/mol. The van der Waals surface area contributed by atoms with E-state index in [0.29, 0.717) is 0 Å². The van der Waals surface area contributed by atoms with Crippen molar-refractivity contribution in [1.29, 1.82) is 0 Å². The first-order valence-electron chi connectivity index (χ1n) is 9.16. The summed E-state index contributed by atoms with van der Waals surface area (Å²) in [6.07, 6.45) is 10.5. The Morgan fingerprint density at radius 3 is 2.14 bits per heavy atom. The molecule has 126 valence electrons. The zero-order chi connectivity index (χ0) is 16.0. The predicted octanol–water partition coefficient (Wildman–Crippen LogP) is 5.66. The highest BCUT2D eigenvalue weighted by Gasteiger charge is 2.01. The van der Waals surface area contributed by atoms with Gasteiger partial charge in [-0.15, -0.1) is 0 Å². The van der Waals surface area contributed by atoms with Gasteiger partial charge in [-0.05, 0) is 44.1 Å². The van der Waals surface area contributed by atoms with Crippen LogP contribution in [0.3, 0.4) is 0 Å². The zero-order valence-corrected chi connectivity index (χ0v) is 14.9. The van der Waals surface area contributed by atoms with Gasteiger partial charge in [0.1, 0.15) is 5.75 Å². The predicted molar refractivity (Wildman–Crippen MR) is 96.6 cm³/mol. The van der Waals surface area contributed by atoms with Crippen LogP contribution in [0.15, 0.2) is 24.3 Å². The molecule has 22 heavy (non-hydrogen) atoms. The molecule has 0 unspecified atom stereocenters. The van der Waals surface area contributed by atoms with Crippen molar-refractivity contribution in [2.75, 3.05) is 20.2 Å². The minimum atomic E-state index is 0.827. The second-order valence-electron chi connectivity index (χ2n) is 6.35. The molecule has 0 atom stereocenters. The molecule has 0 aliphatic heterocycles. The van der Waals surface area contributed by atoms with Crippen LogP contribution < -0.4 is 4.74 Å². The molecule has 0 saturated heterocycles. The summed E-state index contributed by atoms with van der Waals surface area (Å²) in [6.45, 7) is 7.51. The third-order valence-corrected chi connectivity index (χ3v) is 4.04. The standard InChI is InChI=1S/C20H35NO/c1-4-6-8-9-10-11-16-21(3)18-19-12-14-20(15-13-19)22-17-7-5-2/h12-15H,4-11,16-18H2,1-3H3. The molecule has 0 spiro atoms. The lowest BCUT2D eigenvalue weighted by Gasteiger charge is -2.17. The molecule has 0 aliphatic rings. The molecule has 2 nitrogen and oxygen atoms in total. The van der Waals surface area contributed by atoms with Crippen LogP contribution in [0.2, 0.25) is 0 Å². The van der Waals surface area contributed by atoms with Crippen LogP contribution in [-0.2, 0) is 6.54 Å². The van der Waals surface area contributed by atoms with Crippen LogP contribution in [0, 0.1) is 0 Å². The number of hydrogen-bond donors (Lipinski definition) is 0. The highest BCUT2D eigenvalue weighted by Crippen LogP contribution is 2.14. The molecule has 1 aromatic rings. The first kappa shape index (κ1) is 19.0. The molecule has 0 bridgehead atoms. The van der Waals surface area contributed by atoms with Gasteiger partial charge < -0.3 is 9.64 Å². The molecule has 0 aliphatic carbocycles. The van der Waals surface area contributed by atoms with Crippen LogP contribution in [0.4, 0.5) is 0 Å². The van der Waals surface area contributed by atoms with Crippen molar-refractivity contribution in [1.82, 2.24) is 4.90 Å². The van der Waals surface area contributed by atoms with E-state index in [-0.39, 0.29) is 0 Å². The Morgan fingerprint density at radius 1 is 0.818 bits per heavy atom. The number of ether oxygens (including phenoxy) is 1. The largest absolute Gasteiger partial charge is 0.494 e. The Labute approximate surface area is 137 Å². The van der Waals surface area contributed by atoms with Gasteiger partial charge in [-0.3, -0.25) is 0 Å². The summed E-state index contributed by atoms with van der Waals surface area (Å²) >= 11 is 0. The molecule has 0 heterocycles. The Kier molecular flexibility index (Phi) is 10.8. The van der Waals surface area contributed by atoms with Crippen molar-refractivity contribution < 1.29 is 4.74 Å². The summed E-state index contributed by atoms with van der Waals surface area (Å²) in [5.74, 6) is 0.996. The smallest absolute Gasteiger partial charge is 0.119 e. The summed E-state index contributed by atoms with van der Waals surface area (Å²) in [7, 11) is 2.22. The van der Waals surface area contributed by atoms with Crippen molar-refractivity contribution in [3.05, 3.63) is 29.8 Å². The quantitative estimate of drug-likeness (QED) is 0.436. The Hall–Kier alpha value is -1.02. The van der Waals surface area contributed by atoms with Crippen LogP contribution >= 0.6 is 0 Å². The van der Waals surface area contributed by atoms with Gasteiger partial charge in [0.25, 0.3) is 0 Å². The third-order valence-electron chi connectivity index (χ3n) is 4.04. The average Bonchev–Trinajstić information content (AvgIpc) is 2.53. The fourth-order valence-electron chi connectivity index (χ4n) is 2.58. The molecule has 0 radical (unpaired) electrons. The molecule has 0 N–H and O–H groups in total. The van der Waals surface area contributed by atoms with E-state index in [4.69, 9.17) is 4.74 Å². The molecule has 0 fully saturated rings. The minimum absolute atomic E-state index is 0.827. The maximum atomic E-state index is 5.70. The van der Waals surface area contributed by atoms with Crippen molar-refractivity contribution >= 4 is 0 Å². The van der Waals surface area contributed by atoms with Gasteiger partial charge in [0.2, 0.25) is 0 Å². The van der Waals surface area contributed by atoms with E-state index >= 15 is 0 Å². The monoisotopic (exact) mass is 305 g/mol. The van der Waals surface area contributed by atoms with Gasteiger partial charge in [0.05, 0.1) is 6.61 Å². The topological polar surface area (TPSA) is 12.5 Å². The van der Waals surface area contributed by atoms with E-state index in [1.165, 1.54) is 57.1 Å². The molecule has 1 rings (SSSR count). The Balaban J connectivity index is 2.16. The maximum Gasteiger partial charge on any atom is 0.119 e.